The highest BCUT2D eigenvalue weighted by atomic mass is 16.5. The molecule has 22 heavy (non-hydrogen) atoms. The average molecular weight is 296 g/mol. The molecule has 0 fully saturated rings. The number of carbonyl (C=O) groups is 1. The Hall–Kier alpha value is -2.89. The van der Waals surface area contributed by atoms with Crippen molar-refractivity contribution >= 4 is 11.6 Å². The third kappa shape index (κ3) is 2.63. The minimum atomic E-state index is -0.211. The molecule has 0 saturated carbocycles. The van der Waals surface area contributed by atoms with Crippen molar-refractivity contribution in [1.82, 2.24) is 19.9 Å². The van der Waals surface area contributed by atoms with Crippen molar-refractivity contribution in [2.45, 2.75) is 13.5 Å². The maximum Gasteiger partial charge on any atom is 0.257 e. The zero-order valence-corrected chi connectivity index (χ0v) is 12.4. The van der Waals surface area contributed by atoms with Crippen LogP contribution in [0.25, 0.3) is 5.65 Å². The van der Waals surface area contributed by atoms with Crippen LogP contribution in [0.5, 0.6) is 5.75 Å². The van der Waals surface area contributed by atoms with Gasteiger partial charge in [0.2, 0.25) is 0 Å². The summed E-state index contributed by atoms with van der Waals surface area (Å²) >= 11 is 0. The summed E-state index contributed by atoms with van der Waals surface area (Å²) in [5.41, 5.74) is 2.90. The van der Waals surface area contributed by atoms with Crippen molar-refractivity contribution < 1.29 is 9.53 Å². The molecule has 1 amide bonds. The first-order chi connectivity index (χ1) is 10.7. The summed E-state index contributed by atoms with van der Waals surface area (Å²) in [6.45, 7) is 2.31. The van der Waals surface area contributed by atoms with Gasteiger partial charge in [-0.05, 0) is 18.6 Å². The van der Waals surface area contributed by atoms with Gasteiger partial charge in [-0.15, -0.1) is 0 Å². The van der Waals surface area contributed by atoms with Gasteiger partial charge in [0.1, 0.15) is 11.3 Å². The van der Waals surface area contributed by atoms with E-state index in [9.17, 15) is 4.79 Å². The van der Waals surface area contributed by atoms with E-state index in [1.807, 2.05) is 37.4 Å². The minimum Gasteiger partial charge on any atom is -0.496 e. The van der Waals surface area contributed by atoms with E-state index < -0.39 is 0 Å². The Morgan fingerprint density at radius 3 is 2.95 bits per heavy atom. The molecule has 3 rings (SSSR count). The van der Waals surface area contributed by atoms with Crippen LogP contribution < -0.4 is 10.1 Å². The van der Waals surface area contributed by atoms with Crippen molar-refractivity contribution in [3.8, 4) is 5.75 Å². The van der Waals surface area contributed by atoms with Crippen LogP contribution in [-0.2, 0) is 6.54 Å². The normalized spacial score (nSPS) is 10.6. The summed E-state index contributed by atoms with van der Waals surface area (Å²) in [4.78, 5) is 16.6. The van der Waals surface area contributed by atoms with Crippen molar-refractivity contribution in [3.63, 3.8) is 0 Å². The van der Waals surface area contributed by atoms with Gasteiger partial charge in [-0.25, -0.2) is 9.50 Å². The van der Waals surface area contributed by atoms with E-state index in [0.29, 0.717) is 17.8 Å². The topological polar surface area (TPSA) is 68.5 Å². The summed E-state index contributed by atoms with van der Waals surface area (Å²) in [5.74, 6) is 0.536. The molecule has 1 N–H and O–H groups in total. The lowest BCUT2D eigenvalue weighted by Gasteiger charge is -2.09. The fourth-order valence-electron chi connectivity index (χ4n) is 2.25. The van der Waals surface area contributed by atoms with Gasteiger partial charge in [-0.1, -0.05) is 18.2 Å². The van der Waals surface area contributed by atoms with E-state index in [0.717, 1.165) is 16.9 Å². The van der Waals surface area contributed by atoms with Gasteiger partial charge in [0, 0.05) is 24.5 Å². The third-order valence-electron chi connectivity index (χ3n) is 3.36. The molecule has 3 aromatic rings. The number of benzene rings is 1. The first-order valence-corrected chi connectivity index (χ1v) is 6.89. The number of nitrogens with one attached hydrogen (secondary N) is 1. The molecule has 0 saturated heterocycles. The average Bonchev–Trinajstić information content (AvgIpc) is 2.95. The number of para-hydroxylation sites is 1. The molecule has 6 nitrogen and oxygen atoms in total. The fraction of sp³-hybridized carbons (Fsp3) is 0.188. The Balaban J connectivity index is 1.79. The maximum absolute atomic E-state index is 12.3. The number of rotatable bonds is 4. The molecule has 0 aliphatic carbocycles. The summed E-state index contributed by atoms with van der Waals surface area (Å²) in [7, 11) is 1.61. The summed E-state index contributed by atoms with van der Waals surface area (Å²) < 4.78 is 6.88. The standard InChI is InChI=1S/C16H16N4O2/c1-11-7-17-15-13(9-19-20(15)10-11)16(21)18-8-12-5-3-4-6-14(12)22-2/h3-7,9-10H,8H2,1-2H3,(H,18,21). The number of nitrogens with zero attached hydrogens (tertiary/aromatic N) is 3. The van der Waals surface area contributed by atoms with Gasteiger partial charge >= 0.3 is 0 Å². The van der Waals surface area contributed by atoms with Crippen molar-refractivity contribution in [2.75, 3.05) is 7.11 Å². The molecule has 0 unspecified atom stereocenters. The Bertz CT molecular complexity index is 826. The van der Waals surface area contributed by atoms with E-state index in [4.69, 9.17) is 4.74 Å². The SMILES string of the molecule is COc1ccccc1CNC(=O)c1cnn2cc(C)cnc12. The summed E-state index contributed by atoms with van der Waals surface area (Å²) in [6.07, 6.45) is 5.08. The monoisotopic (exact) mass is 296 g/mol. The van der Waals surface area contributed by atoms with E-state index in [1.165, 1.54) is 6.20 Å². The molecule has 0 atom stereocenters. The Morgan fingerprint density at radius 2 is 2.14 bits per heavy atom. The fourth-order valence-corrected chi connectivity index (χ4v) is 2.25. The molecule has 2 heterocycles. The quantitative estimate of drug-likeness (QED) is 0.799. The zero-order chi connectivity index (χ0) is 15.5. The van der Waals surface area contributed by atoms with Crippen LogP contribution in [0.2, 0.25) is 0 Å². The lowest BCUT2D eigenvalue weighted by atomic mass is 10.2. The van der Waals surface area contributed by atoms with Gasteiger partial charge in [0.15, 0.2) is 5.65 Å². The van der Waals surface area contributed by atoms with Crippen LogP contribution in [0.4, 0.5) is 0 Å². The smallest absolute Gasteiger partial charge is 0.257 e. The Labute approximate surface area is 127 Å². The highest BCUT2D eigenvalue weighted by Gasteiger charge is 2.14. The van der Waals surface area contributed by atoms with Gasteiger partial charge < -0.3 is 10.1 Å². The molecular formula is C16H16N4O2. The molecule has 0 aliphatic heterocycles. The second kappa shape index (κ2) is 5.85. The number of ether oxygens (including phenoxy) is 1. The summed E-state index contributed by atoms with van der Waals surface area (Å²) in [6, 6.07) is 7.57. The second-order valence-electron chi connectivity index (χ2n) is 4.95. The maximum atomic E-state index is 12.3. The molecule has 112 valence electrons. The molecule has 6 heteroatoms. The molecule has 2 aromatic heterocycles. The lowest BCUT2D eigenvalue weighted by Crippen LogP contribution is -2.23. The van der Waals surface area contributed by atoms with Crippen molar-refractivity contribution in [1.29, 1.82) is 0 Å². The Morgan fingerprint density at radius 1 is 1.32 bits per heavy atom. The number of methoxy groups -OCH3 is 1. The predicted octanol–water partition coefficient (Wildman–Crippen LogP) is 1.98. The minimum absolute atomic E-state index is 0.211. The van der Waals surface area contributed by atoms with E-state index in [-0.39, 0.29) is 5.91 Å². The third-order valence-corrected chi connectivity index (χ3v) is 3.36. The number of fused-ring (bicyclic) bond motifs is 1. The predicted molar refractivity (Wildman–Crippen MR) is 81.9 cm³/mol. The number of hydrogen-bond acceptors (Lipinski definition) is 4. The van der Waals surface area contributed by atoms with Gasteiger partial charge in [-0.3, -0.25) is 4.79 Å². The van der Waals surface area contributed by atoms with E-state index >= 15 is 0 Å². The van der Waals surface area contributed by atoms with Crippen LogP contribution in [0, 0.1) is 6.92 Å². The lowest BCUT2D eigenvalue weighted by molar-refractivity contribution is 0.0952. The largest absolute Gasteiger partial charge is 0.496 e. The molecule has 0 spiro atoms. The van der Waals surface area contributed by atoms with Crippen LogP contribution in [0.1, 0.15) is 21.5 Å². The van der Waals surface area contributed by atoms with E-state index in [1.54, 1.807) is 17.8 Å². The van der Waals surface area contributed by atoms with E-state index in [2.05, 4.69) is 15.4 Å². The number of amides is 1. The number of hydrogen-bond donors (Lipinski definition) is 1. The first-order valence-electron chi connectivity index (χ1n) is 6.89. The molecule has 0 radical (unpaired) electrons. The van der Waals surface area contributed by atoms with Crippen LogP contribution in [0.3, 0.4) is 0 Å². The number of aromatic nitrogens is 3. The molecule has 1 aromatic carbocycles. The highest BCUT2D eigenvalue weighted by molar-refractivity contribution is 5.99. The van der Waals surface area contributed by atoms with Crippen LogP contribution in [0.15, 0.2) is 42.9 Å². The van der Waals surface area contributed by atoms with Gasteiger partial charge in [0.05, 0.1) is 13.3 Å². The van der Waals surface area contributed by atoms with Crippen molar-refractivity contribution in [3.05, 3.63) is 59.5 Å². The summed E-state index contributed by atoms with van der Waals surface area (Å²) in [5, 5.41) is 7.03. The Kier molecular flexibility index (Phi) is 3.74. The van der Waals surface area contributed by atoms with Gasteiger partial charge in [0.25, 0.3) is 5.91 Å². The first kappa shape index (κ1) is 14.1. The van der Waals surface area contributed by atoms with Crippen LogP contribution >= 0.6 is 0 Å². The molecule has 0 aliphatic rings. The molecular weight excluding hydrogens is 280 g/mol. The molecule has 0 bridgehead atoms. The highest BCUT2D eigenvalue weighted by Crippen LogP contribution is 2.17. The second-order valence-corrected chi connectivity index (χ2v) is 4.95. The number of aryl methyl sites for hydroxylation is 1. The van der Waals surface area contributed by atoms with Crippen molar-refractivity contribution in [2.24, 2.45) is 0 Å². The van der Waals surface area contributed by atoms with Crippen LogP contribution in [-0.4, -0.2) is 27.6 Å². The number of carbonyl (C=O) groups excluding carboxylic acids is 1. The zero-order valence-electron chi connectivity index (χ0n) is 12.4. The van der Waals surface area contributed by atoms with Gasteiger partial charge in [-0.2, -0.15) is 5.10 Å².